The van der Waals surface area contributed by atoms with Gasteiger partial charge in [-0.05, 0) is 18.6 Å². The summed E-state index contributed by atoms with van der Waals surface area (Å²) in [5, 5.41) is 17.3. The first-order chi connectivity index (χ1) is 5.24. The van der Waals surface area contributed by atoms with E-state index in [1.54, 1.807) is 12.1 Å². The largest absolute Gasteiger partial charge is 0.508 e. The lowest BCUT2D eigenvalue weighted by Crippen LogP contribution is -1.88. The molecule has 0 aliphatic heterocycles. The smallest absolute Gasteiger partial charge is 0.121 e. The summed E-state index contributed by atoms with van der Waals surface area (Å²) in [7, 11) is 0. The quantitative estimate of drug-likeness (QED) is 0.503. The minimum atomic E-state index is 0.0200. The Balaban J connectivity index is 2.90. The second-order valence-corrected chi connectivity index (χ2v) is 2.41. The van der Waals surface area contributed by atoms with Crippen molar-refractivity contribution in [2.45, 2.75) is 13.5 Å². The van der Waals surface area contributed by atoms with E-state index < -0.39 is 0 Å². The topological polar surface area (TPSA) is 49.7 Å². The van der Waals surface area contributed by atoms with E-state index in [1.807, 2.05) is 13.0 Å². The van der Waals surface area contributed by atoms with Crippen LogP contribution in [0.15, 0.2) is 18.2 Å². The van der Waals surface area contributed by atoms with E-state index in [0.717, 1.165) is 5.56 Å². The van der Waals surface area contributed by atoms with Crippen molar-refractivity contribution in [3.05, 3.63) is 29.3 Å². The number of phenols is 1. The van der Waals surface area contributed by atoms with E-state index in [-0.39, 0.29) is 12.4 Å². The molecule has 3 nitrogen and oxygen atoms in total. The molecule has 0 heterocycles. The van der Waals surface area contributed by atoms with Crippen molar-refractivity contribution in [3.8, 4) is 5.75 Å². The lowest BCUT2D eigenvalue weighted by atomic mass is 10.1. The number of aromatic hydroxyl groups is 1. The molecule has 2 N–H and O–H groups in total. The second kappa shape index (κ2) is 3.37. The molecule has 0 saturated carbocycles. The highest BCUT2D eigenvalue weighted by atomic mass is 17.1. The van der Waals surface area contributed by atoms with Gasteiger partial charge in [0.15, 0.2) is 0 Å². The monoisotopic (exact) mass is 154 g/mol. The fraction of sp³-hybridized carbons (Fsp3) is 0.250. The van der Waals surface area contributed by atoms with Gasteiger partial charge in [0.2, 0.25) is 0 Å². The van der Waals surface area contributed by atoms with Crippen LogP contribution in [0.3, 0.4) is 0 Å². The van der Waals surface area contributed by atoms with Crippen LogP contribution in [0, 0.1) is 6.92 Å². The maximum atomic E-state index is 9.23. The highest BCUT2D eigenvalue weighted by molar-refractivity contribution is 5.35. The minimum absolute atomic E-state index is 0.0200. The lowest BCUT2D eigenvalue weighted by Gasteiger charge is -2.01. The van der Waals surface area contributed by atoms with E-state index in [1.165, 1.54) is 0 Å². The molecular formula is C8H10O3. The minimum Gasteiger partial charge on any atom is -0.508 e. The van der Waals surface area contributed by atoms with Crippen molar-refractivity contribution in [1.82, 2.24) is 0 Å². The van der Waals surface area contributed by atoms with Crippen LogP contribution in [0.5, 0.6) is 5.75 Å². The van der Waals surface area contributed by atoms with E-state index >= 15 is 0 Å². The third-order valence-corrected chi connectivity index (χ3v) is 1.46. The van der Waals surface area contributed by atoms with Gasteiger partial charge in [0.05, 0.1) is 0 Å². The molecule has 1 aromatic carbocycles. The highest BCUT2D eigenvalue weighted by Gasteiger charge is 1.99. The molecule has 0 amide bonds. The number of hydrogen-bond donors (Lipinski definition) is 2. The van der Waals surface area contributed by atoms with Crippen molar-refractivity contribution >= 4 is 0 Å². The van der Waals surface area contributed by atoms with Crippen LogP contribution in [0.4, 0.5) is 0 Å². The number of hydrogen-bond acceptors (Lipinski definition) is 3. The third-order valence-electron chi connectivity index (χ3n) is 1.46. The molecule has 3 heteroatoms. The summed E-state index contributed by atoms with van der Waals surface area (Å²) in [6.07, 6.45) is 0. The zero-order valence-corrected chi connectivity index (χ0v) is 6.24. The molecule has 0 fully saturated rings. The molecule has 0 unspecified atom stereocenters. The van der Waals surface area contributed by atoms with Crippen molar-refractivity contribution < 1.29 is 15.3 Å². The zero-order chi connectivity index (χ0) is 8.27. The van der Waals surface area contributed by atoms with Crippen molar-refractivity contribution in [2.75, 3.05) is 0 Å². The molecular weight excluding hydrogens is 144 g/mol. The van der Waals surface area contributed by atoms with Crippen LogP contribution < -0.4 is 0 Å². The van der Waals surface area contributed by atoms with E-state index in [4.69, 9.17) is 5.26 Å². The van der Waals surface area contributed by atoms with Gasteiger partial charge in [-0.3, -0.25) is 5.26 Å². The van der Waals surface area contributed by atoms with Gasteiger partial charge in [0, 0.05) is 5.56 Å². The summed E-state index contributed by atoms with van der Waals surface area (Å²) >= 11 is 0. The Labute approximate surface area is 64.8 Å². The Morgan fingerprint density at radius 2 is 2.18 bits per heavy atom. The van der Waals surface area contributed by atoms with Gasteiger partial charge in [-0.15, -0.1) is 0 Å². The van der Waals surface area contributed by atoms with Gasteiger partial charge in [0.1, 0.15) is 12.4 Å². The molecule has 0 radical (unpaired) electrons. The molecule has 1 rings (SSSR count). The number of phenolic OH excluding ortho intramolecular Hbond substituents is 1. The zero-order valence-electron chi connectivity index (χ0n) is 6.24. The van der Waals surface area contributed by atoms with Gasteiger partial charge in [-0.1, -0.05) is 12.1 Å². The SMILES string of the molecule is Cc1ccc(COO)c(O)c1. The van der Waals surface area contributed by atoms with Gasteiger partial charge >= 0.3 is 0 Å². The van der Waals surface area contributed by atoms with Crippen LogP contribution >= 0.6 is 0 Å². The van der Waals surface area contributed by atoms with Crippen LogP contribution in [0.2, 0.25) is 0 Å². The number of rotatable bonds is 2. The standard InChI is InChI=1S/C8H10O3/c1-6-2-3-7(5-11-10)8(9)4-6/h2-4,9-10H,5H2,1H3. The van der Waals surface area contributed by atoms with Crippen molar-refractivity contribution in [3.63, 3.8) is 0 Å². The number of benzene rings is 1. The summed E-state index contributed by atoms with van der Waals surface area (Å²) in [5.74, 6) is 0.152. The molecule has 0 atom stereocenters. The summed E-state index contributed by atoms with van der Waals surface area (Å²) in [5.41, 5.74) is 1.56. The molecule has 0 aliphatic rings. The first-order valence-corrected chi connectivity index (χ1v) is 3.29. The Bertz CT molecular complexity index is 245. The van der Waals surface area contributed by atoms with Gasteiger partial charge in [0.25, 0.3) is 0 Å². The van der Waals surface area contributed by atoms with E-state index in [0.29, 0.717) is 5.56 Å². The van der Waals surface area contributed by atoms with Gasteiger partial charge < -0.3 is 5.11 Å². The van der Waals surface area contributed by atoms with Crippen LogP contribution in [0.1, 0.15) is 11.1 Å². The maximum Gasteiger partial charge on any atom is 0.121 e. The Morgan fingerprint density at radius 1 is 1.45 bits per heavy atom. The normalized spacial score (nSPS) is 10.0. The molecule has 0 bridgehead atoms. The van der Waals surface area contributed by atoms with Crippen LogP contribution in [-0.4, -0.2) is 10.4 Å². The molecule has 1 aromatic rings. The van der Waals surface area contributed by atoms with Crippen LogP contribution in [-0.2, 0) is 11.5 Å². The summed E-state index contributed by atoms with van der Waals surface area (Å²) < 4.78 is 0. The second-order valence-electron chi connectivity index (χ2n) is 2.41. The first-order valence-electron chi connectivity index (χ1n) is 3.29. The summed E-state index contributed by atoms with van der Waals surface area (Å²) in [4.78, 5) is 3.89. The predicted molar refractivity (Wildman–Crippen MR) is 40.3 cm³/mol. The van der Waals surface area contributed by atoms with E-state index in [9.17, 15) is 5.11 Å². The Kier molecular flexibility index (Phi) is 2.46. The summed E-state index contributed by atoms with van der Waals surface area (Å²) in [6, 6.07) is 5.17. The average molecular weight is 154 g/mol. The molecule has 0 aliphatic carbocycles. The van der Waals surface area contributed by atoms with Gasteiger partial charge in [-0.2, -0.15) is 0 Å². The molecule has 11 heavy (non-hydrogen) atoms. The average Bonchev–Trinajstić information content (AvgIpc) is 1.95. The van der Waals surface area contributed by atoms with Gasteiger partial charge in [-0.25, -0.2) is 4.89 Å². The Hall–Kier alpha value is -1.06. The molecule has 0 aromatic heterocycles. The first kappa shape index (κ1) is 8.04. The highest BCUT2D eigenvalue weighted by Crippen LogP contribution is 2.18. The van der Waals surface area contributed by atoms with Crippen molar-refractivity contribution in [1.29, 1.82) is 0 Å². The number of aryl methyl sites for hydroxylation is 1. The third kappa shape index (κ3) is 1.93. The molecule has 60 valence electrons. The Morgan fingerprint density at radius 3 is 2.73 bits per heavy atom. The lowest BCUT2D eigenvalue weighted by molar-refractivity contribution is -0.253. The predicted octanol–water partition coefficient (Wildman–Crippen LogP) is 1.69. The maximum absolute atomic E-state index is 9.23. The van der Waals surface area contributed by atoms with Crippen molar-refractivity contribution in [2.24, 2.45) is 0 Å². The van der Waals surface area contributed by atoms with Crippen LogP contribution in [0.25, 0.3) is 0 Å². The summed E-state index contributed by atoms with van der Waals surface area (Å²) in [6.45, 7) is 1.90. The fourth-order valence-corrected chi connectivity index (χ4v) is 0.865. The molecule has 0 spiro atoms. The molecule has 0 saturated heterocycles. The fourth-order valence-electron chi connectivity index (χ4n) is 0.865. The van der Waals surface area contributed by atoms with E-state index in [2.05, 4.69) is 4.89 Å².